The van der Waals surface area contributed by atoms with Crippen LogP contribution in [0.1, 0.15) is 52.1 Å². The molecule has 1 unspecified atom stereocenters. The van der Waals surface area contributed by atoms with Crippen molar-refractivity contribution in [1.82, 2.24) is 20.1 Å². The minimum Gasteiger partial charge on any atom is -0.328 e. The molecule has 1 N–H and O–H groups in total. The number of aromatic nitrogens is 3. The molecule has 1 aliphatic heterocycles. The molecule has 1 atom stereocenters. The lowest BCUT2D eigenvalue weighted by atomic mass is 10.1. The van der Waals surface area contributed by atoms with Gasteiger partial charge in [0.2, 0.25) is 0 Å². The monoisotopic (exact) mass is 338 g/mol. The number of thiazole rings is 1. The van der Waals surface area contributed by atoms with Crippen LogP contribution in [0.2, 0.25) is 0 Å². The normalized spacial score (nSPS) is 20.0. The minimum absolute atomic E-state index is 0.0659. The smallest absolute Gasteiger partial charge is 0.275 e. The first kappa shape index (κ1) is 14.2. The lowest BCUT2D eigenvalue weighted by Crippen LogP contribution is -2.31. The molecule has 1 saturated heterocycles. The number of aromatic amines is 1. The Kier molecular flexibility index (Phi) is 3.19. The number of amides is 1. The number of carbonyl (C=O) groups is 1. The molecule has 3 aromatic rings. The number of H-pyrrole nitrogens is 1. The highest BCUT2D eigenvalue weighted by Gasteiger charge is 2.35. The molecule has 0 radical (unpaired) electrons. The van der Waals surface area contributed by atoms with Crippen LogP contribution in [0.25, 0.3) is 10.2 Å². The average molecular weight is 338 g/mol. The number of hydrogen-bond donors (Lipinski definition) is 1. The molecular formula is C18H18N4OS. The summed E-state index contributed by atoms with van der Waals surface area (Å²) in [6.07, 6.45) is 5.10. The van der Waals surface area contributed by atoms with Crippen LogP contribution in [0.5, 0.6) is 0 Å². The van der Waals surface area contributed by atoms with Gasteiger partial charge in [-0.15, -0.1) is 11.3 Å². The second-order valence-electron chi connectivity index (χ2n) is 6.56. The first-order chi connectivity index (χ1) is 11.8. The predicted molar refractivity (Wildman–Crippen MR) is 93.2 cm³/mol. The Morgan fingerprint density at radius 2 is 2.17 bits per heavy atom. The van der Waals surface area contributed by atoms with E-state index in [9.17, 15) is 4.79 Å². The number of aryl methyl sites for hydroxylation is 1. The van der Waals surface area contributed by atoms with Gasteiger partial charge in [0.05, 0.1) is 16.3 Å². The Bertz CT molecular complexity index is 895. The Morgan fingerprint density at radius 1 is 1.25 bits per heavy atom. The maximum Gasteiger partial charge on any atom is 0.275 e. The third-order valence-electron chi connectivity index (χ3n) is 5.12. The number of fused-ring (bicyclic) bond motifs is 2. The van der Waals surface area contributed by atoms with Gasteiger partial charge in [-0.25, -0.2) is 4.98 Å². The fourth-order valence-corrected chi connectivity index (χ4v) is 5.05. The summed E-state index contributed by atoms with van der Waals surface area (Å²) in [4.78, 5) is 19.8. The highest BCUT2D eigenvalue weighted by atomic mass is 32.1. The molecule has 24 heavy (non-hydrogen) atoms. The van der Waals surface area contributed by atoms with E-state index in [0.29, 0.717) is 5.69 Å². The van der Waals surface area contributed by atoms with Crippen LogP contribution >= 0.6 is 11.3 Å². The highest BCUT2D eigenvalue weighted by molar-refractivity contribution is 7.18. The molecule has 1 aliphatic carbocycles. The maximum absolute atomic E-state index is 13.1. The number of nitrogens with one attached hydrogen (secondary N) is 1. The van der Waals surface area contributed by atoms with Crippen molar-refractivity contribution in [3.8, 4) is 0 Å². The zero-order valence-corrected chi connectivity index (χ0v) is 14.1. The summed E-state index contributed by atoms with van der Waals surface area (Å²) in [5, 5.41) is 8.43. The molecule has 0 bridgehead atoms. The molecule has 2 aliphatic rings. The summed E-state index contributed by atoms with van der Waals surface area (Å²) >= 11 is 1.71. The molecule has 0 spiro atoms. The molecular weight excluding hydrogens is 320 g/mol. The van der Waals surface area contributed by atoms with Gasteiger partial charge in [0.1, 0.15) is 5.01 Å². The molecule has 2 aromatic heterocycles. The van der Waals surface area contributed by atoms with Gasteiger partial charge >= 0.3 is 0 Å². The Balaban J connectivity index is 1.49. The topological polar surface area (TPSA) is 61.9 Å². The van der Waals surface area contributed by atoms with Crippen molar-refractivity contribution in [3.05, 3.63) is 46.2 Å². The first-order valence-corrected chi connectivity index (χ1v) is 9.35. The van der Waals surface area contributed by atoms with Gasteiger partial charge in [0, 0.05) is 17.8 Å². The summed E-state index contributed by atoms with van der Waals surface area (Å²) in [5.41, 5.74) is 3.94. The number of rotatable bonds is 2. The summed E-state index contributed by atoms with van der Waals surface area (Å²) in [5.74, 6) is 0.0659. The SMILES string of the molecule is O=C(c1n[nH]c2c1CCC2)N1CCCC1c1nc2ccccc2s1. The average Bonchev–Trinajstić information content (AvgIpc) is 3.34. The van der Waals surface area contributed by atoms with Crippen LogP contribution in [-0.4, -0.2) is 32.5 Å². The molecule has 1 amide bonds. The Labute approximate surface area is 143 Å². The van der Waals surface area contributed by atoms with Crippen LogP contribution in [0.4, 0.5) is 0 Å². The highest BCUT2D eigenvalue weighted by Crippen LogP contribution is 2.37. The quantitative estimate of drug-likeness (QED) is 0.778. The molecule has 0 saturated carbocycles. The summed E-state index contributed by atoms with van der Waals surface area (Å²) < 4.78 is 1.19. The minimum atomic E-state index is 0.0659. The number of para-hydroxylation sites is 1. The van der Waals surface area contributed by atoms with Gasteiger partial charge < -0.3 is 4.90 Å². The van der Waals surface area contributed by atoms with Crippen LogP contribution in [0.15, 0.2) is 24.3 Å². The molecule has 1 aromatic carbocycles. The van der Waals surface area contributed by atoms with Gasteiger partial charge in [-0.05, 0) is 44.2 Å². The first-order valence-electron chi connectivity index (χ1n) is 8.54. The van der Waals surface area contributed by atoms with Crippen molar-refractivity contribution in [2.24, 2.45) is 0 Å². The Hall–Kier alpha value is -2.21. The van der Waals surface area contributed by atoms with Crippen LogP contribution in [-0.2, 0) is 12.8 Å². The number of nitrogens with zero attached hydrogens (tertiary/aromatic N) is 3. The van der Waals surface area contributed by atoms with Crippen molar-refractivity contribution in [1.29, 1.82) is 0 Å². The molecule has 5 rings (SSSR count). The van der Waals surface area contributed by atoms with E-state index < -0.39 is 0 Å². The lowest BCUT2D eigenvalue weighted by molar-refractivity contribution is 0.0728. The number of hydrogen-bond acceptors (Lipinski definition) is 4. The fourth-order valence-electron chi connectivity index (χ4n) is 3.93. The second kappa shape index (κ2) is 5.41. The van der Waals surface area contributed by atoms with Crippen molar-refractivity contribution >= 4 is 27.5 Å². The molecule has 5 nitrogen and oxygen atoms in total. The molecule has 3 heterocycles. The van der Waals surface area contributed by atoms with Crippen LogP contribution in [0, 0.1) is 0 Å². The largest absolute Gasteiger partial charge is 0.328 e. The summed E-state index contributed by atoms with van der Waals surface area (Å²) in [6, 6.07) is 8.27. The van der Waals surface area contributed by atoms with Crippen LogP contribution in [0.3, 0.4) is 0 Å². The summed E-state index contributed by atoms with van der Waals surface area (Å²) in [7, 11) is 0. The van der Waals surface area contributed by atoms with E-state index in [1.807, 2.05) is 23.1 Å². The second-order valence-corrected chi connectivity index (χ2v) is 7.62. The lowest BCUT2D eigenvalue weighted by Gasteiger charge is -2.22. The van der Waals surface area contributed by atoms with E-state index in [2.05, 4.69) is 16.3 Å². The third kappa shape index (κ3) is 2.09. The number of carbonyl (C=O) groups excluding carboxylic acids is 1. The van der Waals surface area contributed by atoms with Crippen LogP contribution < -0.4 is 0 Å². The van der Waals surface area contributed by atoms with Gasteiger partial charge in [0.15, 0.2) is 5.69 Å². The molecule has 6 heteroatoms. The standard InChI is InChI=1S/C18H18N4OS/c23-18(16-11-5-3-7-12(11)20-21-16)22-10-4-8-14(22)17-19-13-6-1-2-9-15(13)24-17/h1-2,6,9,14H,3-5,7-8,10H2,(H,20,21). The zero-order valence-electron chi connectivity index (χ0n) is 13.3. The van der Waals surface area contributed by atoms with E-state index in [4.69, 9.17) is 4.98 Å². The molecule has 1 fully saturated rings. The van der Waals surface area contributed by atoms with E-state index >= 15 is 0 Å². The van der Waals surface area contributed by atoms with Gasteiger partial charge in [0.25, 0.3) is 5.91 Å². The molecule has 122 valence electrons. The Morgan fingerprint density at radius 3 is 3.08 bits per heavy atom. The fraction of sp³-hybridized carbons (Fsp3) is 0.389. The van der Waals surface area contributed by atoms with E-state index in [0.717, 1.165) is 60.4 Å². The maximum atomic E-state index is 13.1. The van der Waals surface area contributed by atoms with Gasteiger partial charge in [-0.2, -0.15) is 5.10 Å². The van der Waals surface area contributed by atoms with Crippen molar-refractivity contribution in [2.75, 3.05) is 6.54 Å². The van der Waals surface area contributed by atoms with Gasteiger partial charge in [-0.1, -0.05) is 12.1 Å². The van der Waals surface area contributed by atoms with Crippen molar-refractivity contribution in [2.45, 2.75) is 38.1 Å². The van der Waals surface area contributed by atoms with E-state index in [-0.39, 0.29) is 11.9 Å². The van der Waals surface area contributed by atoms with E-state index in [1.165, 1.54) is 4.70 Å². The number of benzene rings is 1. The third-order valence-corrected chi connectivity index (χ3v) is 6.26. The number of likely N-dealkylation sites (tertiary alicyclic amines) is 1. The summed E-state index contributed by atoms with van der Waals surface area (Å²) in [6.45, 7) is 0.793. The predicted octanol–water partition coefficient (Wildman–Crippen LogP) is 3.49. The van der Waals surface area contributed by atoms with Gasteiger partial charge in [-0.3, -0.25) is 9.89 Å². The van der Waals surface area contributed by atoms with Crippen molar-refractivity contribution < 1.29 is 4.79 Å². The van der Waals surface area contributed by atoms with E-state index in [1.54, 1.807) is 11.3 Å². The van der Waals surface area contributed by atoms with Crippen molar-refractivity contribution in [3.63, 3.8) is 0 Å². The zero-order chi connectivity index (χ0) is 16.1.